The summed E-state index contributed by atoms with van der Waals surface area (Å²) in [6.07, 6.45) is 1.19. The molecule has 1 aromatic carbocycles. The van der Waals surface area contributed by atoms with Crippen LogP contribution in [0.3, 0.4) is 0 Å². The van der Waals surface area contributed by atoms with Crippen LogP contribution in [0, 0.1) is 6.92 Å². The topological polar surface area (TPSA) is 115 Å². The van der Waals surface area contributed by atoms with Crippen LogP contribution in [0.1, 0.15) is 29.1 Å². The predicted molar refractivity (Wildman–Crippen MR) is 115 cm³/mol. The van der Waals surface area contributed by atoms with Gasteiger partial charge in [-0.3, -0.25) is 9.69 Å². The largest absolute Gasteiger partial charge is 0.482 e. The van der Waals surface area contributed by atoms with E-state index in [-0.39, 0.29) is 30.5 Å². The highest BCUT2D eigenvalue weighted by atomic mass is 32.2. The monoisotopic (exact) mass is 462 g/mol. The summed E-state index contributed by atoms with van der Waals surface area (Å²) < 4.78 is 38.9. The van der Waals surface area contributed by atoms with Gasteiger partial charge in [-0.25, -0.2) is 13.1 Å². The number of ether oxygens (including phenoxy) is 1. The van der Waals surface area contributed by atoms with E-state index in [1.807, 2.05) is 25.3 Å². The van der Waals surface area contributed by atoms with Gasteiger partial charge >= 0.3 is 0 Å². The van der Waals surface area contributed by atoms with Crippen molar-refractivity contribution in [2.24, 2.45) is 0 Å². The van der Waals surface area contributed by atoms with Gasteiger partial charge in [0.1, 0.15) is 5.75 Å². The molecule has 3 aromatic rings. The maximum absolute atomic E-state index is 12.8. The van der Waals surface area contributed by atoms with Crippen molar-refractivity contribution >= 4 is 33.0 Å². The first-order valence-corrected chi connectivity index (χ1v) is 12.1. The molecule has 1 aliphatic heterocycles. The van der Waals surface area contributed by atoms with Crippen molar-refractivity contribution in [1.82, 2.24) is 14.9 Å². The summed E-state index contributed by atoms with van der Waals surface area (Å²) in [5.74, 6) is 0.922. The van der Waals surface area contributed by atoms with Gasteiger partial charge in [-0.1, -0.05) is 12.1 Å². The van der Waals surface area contributed by atoms with E-state index in [4.69, 9.17) is 9.26 Å². The summed E-state index contributed by atoms with van der Waals surface area (Å²) in [6, 6.07) is 6.47. The van der Waals surface area contributed by atoms with Crippen LogP contribution in [0.5, 0.6) is 5.75 Å². The second kappa shape index (κ2) is 8.77. The molecule has 3 heterocycles. The second-order valence-corrected chi connectivity index (χ2v) is 9.80. The van der Waals surface area contributed by atoms with Gasteiger partial charge in [-0.2, -0.15) is 4.98 Å². The van der Waals surface area contributed by atoms with Gasteiger partial charge in [0, 0.05) is 17.8 Å². The Hall–Kier alpha value is -2.76. The highest BCUT2D eigenvalue weighted by Crippen LogP contribution is 2.35. The number of carbonyl (C=O) groups excluding carboxylic acids is 1. The molecule has 9 nitrogen and oxygen atoms in total. The van der Waals surface area contributed by atoms with Gasteiger partial charge in [0.05, 0.1) is 17.1 Å². The summed E-state index contributed by atoms with van der Waals surface area (Å²) in [4.78, 5) is 19.3. The lowest BCUT2D eigenvalue weighted by Gasteiger charge is -2.28. The molecule has 31 heavy (non-hydrogen) atoms. The minimum atomic E-state index is -3.76. The standard InChI is InChI=1S/C20H22N4O5S2/c1-3-19-22-18(23-29-19)11-24-15-10-14(4-5-16(15)28-12-20(24)25)31(26,27)21-8-6-17-13(2)7-9-30-17/h4-5,7,9-10,21H,3,6,8,11-12H2,1-2H3. The Labute approximate surface area is 184 Å². The van der Waals surface area contributed by atoms with E-state index in [1.165, 1.54) is 17.0 Å². The van der Waals surface area contributed by atoms with Gasteiger partial charge < -0.3 is 9.26 Å². The Morgan fingerprint density at radius 3 is 2.84 bits per heavy atom. The number of nitrogens with zero attached hydrogens (tertiary/aromatic N) is 3. The Morgan fingerprint density at radius 2 is 2.13 bits per heavy atom. The van der Waals surface area contributed by atoms with Crippen LogP contribution in [0.15, 0.2) is 39.1 Å². The molecule has 0 bridgehead atoms. The van der Waals surface area contributed by atoms with Gasteiger partial charge in [0.15, 0.2) is 12.4 Å². The van der Waals surface area contributed by atoms with Gasteiger partial charge in [0.25, 0.3) is 5.91 Å². The second-order valence-electron chi connectivity index (χ2n) is 7.03. The number of thiophene rings is 1. The van der Waals surface area contributed by atoms with E-state index in [9.17, 15) is 13.2 Å². The van der Waals surface area contributed by atoms with Gasteiger partial charge in [-0.15, -0.1) is 11.3 Å². The fourth-order valence-electron chi connectivity index (χ4n) is 3.20. The van der Waals surface area contributed by atoms with Crippen molar-refractivity contribution in [1.29, 1.82) is 0 Å². The first-order valence-electron chi connectivity index (χ1n) is 9.78. The molecule has 0 spiro atoms. The molecule has 0 saturated heterocycles. The molecular weight excluding hydrogens is 440 g/mol. The number of aryl methyl sites for hydroxylation is 2. The highest BCUT2D eigenvalue weighted by molar-refractivity contribution is 7.89. The molecule has 0 atom stereocenters. The maximum atomic E-state index is 12.8. The fourth-order valence-corrected chi connectivity index (χ4v) is 5.17. The summed E-state index contributed by atoms with van der Waals surface area (Å²) in [5, 5.41) is 5.87. The molecule has 1 aliphatic rings. The lowest BCUT2D eigenvalue weighted by Crippen LogP contribution is -2.38. The smallest absolute Gasteiger partial charge is 0.265 e. The van der Waals surface area contributed by atoms with E-state index < -0.39 is 10.0 Å². The fraction of sp³-hybridized carbons (Fsp3) is 0.350. The Bertz CT molecular complexity index is 1200. The van der Waals surface area contributed by atoms with Crippen LogP contribution in [-0.2, 0) is 34.2 Å². The maximum Gasteiger partial charge on any atom is 0.265 e. The average Bonchev–Trinajstić information content (AvgIpc) is 3.38. The number of rotatable bonds is 8. The van der Waals surface area contributed by atoms with Crippen LogP contribution in [-0.4, -0.2) is 37.6 Å². The van der Waals surface area contributed by atoms with Crippen LogP contribution in [0.4, 0.5) is 5.69 Å². The van der Waals surface area contributed by atoms with Gasteiger partial charge in [-0.05, 0) is 48.6 Å². The molecule has 0 fully saturated rings. The Balaban J connectivity index is 1.54. The molecule has 4 rings (SSSR count). The molecule has 2 aromatic heterocycles. The number of fused-ring (bicyclic) bond motifs is 1. The minimum absolute atomic E-state index is 0.0554. The molecule has 1 amide bonds. The number of amides is 1. The SMILES string of the molecule is CCc1nc(CN2C(=O)COc3ccc(S(=O)(=O)NCCc4sccc4C)cc32)no1. The summed E-state index contributed by atoms with van der Waals surface area (Å²) in [7, 11) is -3.76. The van der Waals surface area contributed by atoms with Crippen molar-refractivity contribution in [2.75, 3.05) is 18.1 Å². The summed E-state index contributed by atoms with van der Waals surface area (Å²) >= 11 is 1.60. The first kappa shape index (κ1) is 21.5. The first-order chi connectivity index (χ1) is 14.9. The number of hydrogen-bond donors (Lipinski definition) is 1. The van der Waals surface area contributed by atoms with Crippen molar-refractivity contribution in [3.63, 3.8) is 0 Å². The lowest BCUT2D eigenvalue weighted by atomic mass is 10.2. The van der Waals surface area contributed by atoms with Crippen LogP contribution in [0.2, 0.25) is 0 Å². The summed E-state index contributed by atoms with van der Waals surface area (Å²) in [6.45, 7) is 4.09. The normalized spacial score (nSPS) is 13.9. The van der Waals surface area contributed by atoms with E-state index in [1.54, 1.807) is 17.4 Å². The third-order valence-electron chi connectivity index (χ3n) is 4.91. The van der Waals surface area contributed by atoms with Crippen LogP contribution >= 0.6 is 11.3 Å². The zero-order valence-electron chi connectivity index (χ0n) is 17.1. The Kier molecular flexibility index (Phi) is 6.08. The number of aromatic nitrogens is 2. The van der Waals surface area contributed by atoms with E-state index in [2.05, 4.69) is 14.9 Å². The zero-order valence-corrected chi connectivity index (χ0v) is 18.8. The van der Waals surface area contributed by atoms with Crippen molar-refractivity contribution in [3.05, 3.63) is 51.8 Å². The number of nitrogens with one attached hydrogen (secondary N) is 1. The number of hydrogen-bond acceptors (Lipinski definition) is 8. The quantitative estimate of drug-likeness (QED) is 0.547. The predicted octanol–water partition coefficient (Wildman–Crippen LogP) is 2.45. The van der Waals surface area contributed by atoms with E-state index in [0.29, 0.717) is 36.0 Å². The Morgan fingerprint density at radius 1 is 1.29 bits per heavy atom. The van der Waals surface area contributed by atoms with Crippen molar-refractivity contribution in [2.45, 2.75) is 38.1 Å². The number of sulfonamides is 1. The molecule has 0 unspecified atom stereocenters. The third-order valence-corrected chi connectivity index (χ3v) is 7.45. The minimum Gasteiger partial charge on any atom is -0.482 e. The lowest BCUT2D eigenvalue weighted by molar-refractivity contribution is -0.121. The summed E-state index contributed by atoms with van der Waals surface area (Å²) in [5.41, 5.74) is 1.51. The number of anilines is 1. The average molecular weight is 463 g/mol. The highest BCUT2D eigenvalue weighted by Gasteiger charge is 2.29. The van der Waals surface area contributed by atoms with Crippen LogP contribution in [0.25, 0.3) is 0 Å². The third kappa shape index (κ3) is 4.63. The molecule has 0 radical (unpaired) electrons. The molecule has 1 N–H and O–H groups in total. The molecule has 11 heteroatoms. The van der Waals surface area contributed by atoms with Crippen LogP contribution < -0.4 is 14.4 Å². The van der Waals surface area contributed by atoms with Crippen molar-refractivity contribution < 1.29 is 22.5 Å². The van der Waals surface area contributed by atoms with E-state index in [0.717, 1.165) is 10.4 Å². The zero-order chi connectivity index (χ0) is 22.0. The molecular formula is C20H22N4O5S2. The number of benzene rings is 1. The van der Waals surface area contributed by atoms with Crippen molar-refractivity contribution in [3.8, 4) is 5.75 Å². The molecule has 0 aliphatic carbocycles. The molecule has 164 valence electrons. The van der Waals surface area contributed by atoms with E-state index >= 15 is 0 Å². The van der Waals surface area contributed by atoms with Gasteiger partial charge in [0.2, 0.25) is 15.9 Å². The molecule has 0 saturated carbocycles. The number of carbonyl (C=O) groups is 1.